The molecule has 9 heteroatoms. The van der Waals surface area contributed by atoms with Crippen LogP contribution < -0.4 is 10.6 Å². The molecule has 2 heterocycles. The first-order valence-corrected chi connectivity index (χ1v) is 8.24. The lowest BCUT2D eigenvalue weighted by molar-refractivity contribution is 0.0612. The Morgan fingerprint density at radius 3 is 2.84 bits per heavy atom. The quantitative estimate of drug-likeness (QED) is 0.868. The van der Waals surface area contributed by atoms with Crippen LogP contribution in [-0.2, 0) is 13.1 Å². The zero-order chi connectivity index (χ0) is 17.6. The van der Waals surface area contributed by atoms with E-state index in [1.807, 2.05) is 6.07 Å². The summed E-state index contributed by atoms with van der Waals surface area (Å²) in [7, 11) is 0. The molecule has 1 aliphatic rings. The summed E-state index contributed by atoms with van der Waals surface area (Å²) in [6.45, 7) is 0.428. The van der Waals surface area contributed by atoms with Crippen molar-refractivity contribution in [1.82, 2.24) is 25.3 Å². The molecule has 0 radical (unpaired) electrons. The number of nitrogens with zero attached hydrogens (tertiary/aromatic N) is 4. The van der Waals surface area contributed by atoms with Gasteiger partial charge < -0.3 is 5.32 Å². The van der Waals surface area contributed by atoms with Crippen LogP contribution in [0.2, 0.25) is 0 Å². The SMILES string of the molecule is O=C(NCc1cccnc1)Nc1cn(CC2C(F)CCCC2F)nn1. The molecular weight excluding hydrogens is 330 g/mol. The number of carbonyl (C=O) groups excluding carboxylic acids is 1. The Kier molecular flexibility index (Phi) is 5.52. The van der Waals surface area contributed by atoms with Crippen LogP contribution in [0.5, 0.6) is 0 Å². The predicted octanol–water partition coefficient (Wildman–Crippen LogP) is 2.47. The summed E-state index contributed by atoms with van der Waals surface area (Å²) in [6, 6.07) is 3.18. The fourth-order valence-corrected chi connectivity index (χ4v) is 2.90. The molecule has 0 aliphatic heterocycles. The molecule has 0 saturated heterocycles. The summed E-state index contributed by atoms with van der Waals surface area (Å²) >= 11 is 0. The molecule has 3 rings (SSSR count). The van der Waals surface area contributed by atoms with Gasteiger partial charge in [-0.1, -0.05) is 11.3 Å². The van der Waals surface area contributed by atoms with Crippen molar-refractivity contribution in [1.29, 1.82) is 0 Å². The molecule has 0 aromatic carbocycles. The normalized spacial score (nSPS) is 23.2. The smallest absolute Gasteiger partial charge is 0.320 e. The minimum atomic E-state index is -1.17. The van der Waals surface area contributed by atoms with Crippen molar-refractivity contribution in [3.63, 3.8) is 0 Å². The van der Waals surface area contributed by atoms with Crippen molar-refractivity contribution in [3.8, 4) is 0 Å². The highest BCUT2D eigenvalue weighted by molar-refractivity contribution is 5.87. The fraction of sp³-hybridized carbons (Fsp3) is 0.500. The third kappa shape index (κ3) is 4.71. The number of nitrogens with one attached hydrogen (secondary N) is 2. The Balaban J connectivity index is 1.50. The molecule has 2 unspecified atom stereocenters. The Morgan fingerprint density at radius 1 is 1.32 bits per heavy atom. The zero-order valence-electron chi connectivity index (χ0n) is 13.6. The van der Waals surface area contributed by atoms with Crippen molar-refractivity contribution in [2.45, 2.75) is 44.7 Å². The van der Waals surface area contributed by atoms with Gasteiger partial charge in [0.05, 0.1) is 12.7 Å². The summed E-state index contributed by atoms with van der Waals surface area (Å²) < 4.78 is 29.1. The van der Waals surface area contributed by atoms with Gasteiger partial charge in [-0.25, -0.2) is 18.3 Å². The standard InChI is InChI=1S/C16H20F2N6O/c17-13-4-1-5-14(18)12(13)9-24-10-15(22-23-24)21-16(25)20-8-11-3-2-6-19-7-11/h2-3,6-7,10,12-14H,1,4-5,8-9H2,(H2,20,21,25). The first-order valence-electron chi connectivity index (χ1n) is 8.24. The largest absolute Gasteiger partial charge is 0.334 e. The van der Waals surface area contributed by atoms with E-state index in [9.17, 15) is 13.6 Å². The molecule has 2 amide bonds. The van der Waals surface area contributed by atoms with Crippen LogP contribution in [0.3, 0.4) is 0 Å². The highest BCUT2D eigenvalue weighted by Crippen LogP contribution is 2.30. The number of urea groups is 1. The monoisotopic (exact) mass is 350 g/mol. The minimum Gasteiger partial charge on any atom is -0.334 e. The summed E-state index contributed by atoms with van der Waals surface area (Å²) in [5.41, 5.74) is 0.863. The van der Waals surface area contributed by atoms with E-state index in [1.165, 1.54) is 10.9 Å². The van der Waals surface area contributed by atoms with E-state index in [0.29, 0.717) is 25.8 Å². The second-order valence-electron chi connectivity index (χ2n) is 6.12. The number of alkyl halides is 2. The van der Waals surface area contributed by atoms with Gasteiger partial charge in [0.25, 0.3) is 0 Å². The number of aromatic nitrogens is 4. The lowest BCUT2D eigenvalue weighted by Crippen LogP contribution is -2.34. The van der Waals surface area contributed by atoms with Crippen LogP contribution in [0.25, 0.3) is 0 Å². The topological polar surface area (TPSA) is 84.7 Å². The number of anilines is 1. The molecule has 0 bridgehead atoms. The number of halogens is 2. The van der Waals surface area contributed by atoms with Crippen LogP contribution in [0.15, 0.2) is 30.7 Å². The average molecular weight is 350 g/mol. The molecular formula is C16H20F2N6O. The Morgan fingerprint density at radius 2 is 2.12 bits per heavy atom. The summed E-state index contributed by atoms with van der Waals surface area (Å²) in [6.07, 6.45) is 3.75. The van der Waals surface area contributed by atoms with Gasteiger partial charge in [-0.2, -0.15) is 0 Å². The lowest BCUT2D eigenvalue weighted by atomic mass is 9.86. The van der Waals surface area contributed by atoms with Gasteiger partial charge in [0.15, 0.2) is 5.82 Å². The number of hydrogen-bond donors (Lipinski definition) is 2. The van der Waals surface area contributed by atoms with Crippen molar-refractivity contribution in [2.24, 2.45) is 5.92 Å². The van der Waals surface area contributed by atoms with E-state index < -0.39 is 24.3 Å². The Labute approximate surface area is 143 Å². The van der Waals surface area contributed by atoms with Crippen LogP contribution in [0, 0.1) is 5.92 Å². The van der Waals surface area contributed by atoms with E-state index in [0.717, 1.165) is 5.56 Å². The van der Waals surface area contributed by atoms with Crippen LogP contribution in [0.1, 0.15) is 24.8 Å². The minimum absolute atomic E-state index is 0.105. The van der Waals surface area contributed by atoms with Gasteiger partial charge in [-0.3, -0.25) is 10.3 Å². The molecule has 134 valence electrons. The van der Waals surface area contributed by atoms with Gasteiger partial charge >= 0.3 is 6.03 Å². The second kappa shape index (κ2) is 8.00. The molecule has 1 aliphatic carbocycles. The molecule has 2 aromatic heterocycles. The fourth-order valence-electron chi connectivity index (χ4n) is 2.90. The number of amides is 2. The van der Waals surface area contributed by atoms with Crippen LogP contribution in [-0.4, -0.2) is 38.4 Å². The lowest BCUT2D eigenvalue weighted by Gasteiger charge is -2.28. The molecule has 2 atom stereocenters. The molecule has 2 aromatic rings. The van der Waals surface area contributed by atoms with E-state index in [2.05, 4.69) is 25.9 Å². The third-order valence-corrected chi connectivity index (χ3v) is 4.24. The highest BCUT2D eigenvalue weighted by Gasteiger charge is 2.34. The van der Waals surface area contributed by atoms with E-state index in [-0.39, 0.29) is 12.4 Å². The van der Waals surface area contributed by atoms with Crippen molar-refractivity contribution >= 4 is 11.8 Å². The molecule has 0 spiro atoms. The van der Waals surface area contributed by atoms with E-state index >= 15 is 0 Å². The Hall–Kier alpha value is -2.58. The van der Waals surface area contributed by atoms with Crippen molar-refractivity contribution in [3.05, 3.63) is 36.3 Å². The van der Waals surface area contributed by atoms with Crippen molar-refractivity contribution in [2.75, 3.05) is 5.32 Å². The summed E-state index contributed by atoms with van der Waals surface area (Å²) in [5.74, 6) is -0.493. The number of pyridine rings is 1. The highest BCUT2D eigenvalue weighted by atomic mass is 19.1. The van der Waals surface area contributed by atoms with Gasteiger partial charge in [0.1, 0.15) is 12.3 Å². The molecule has 25 heavy (non-hydrogen) atoms. The summed E-state index contributed by atoms with van der Waals surface area (Å²) in [4.78, 5) is 15.8. The van der Waals surface area contributed by atoms with Gasteiger partial charge in [-0.05, 0) is 30.9 Å². The number of rotatable bonds is 5. The first kappa shape index (κ1) is 17.2. The molecule has 2 N–H and O–H groups in total. The Bertz CT molecular complexity index is 685. The molecule has 1 saturated carbocycles. The maximum Gasteiger partial charge on any atom is 0.320 e. The average Bonchev–Trinajstić information content (AvgIpc) is 3.04. The van der Waals surface area contributed by atoms with Crippen molar-refractivity contribution < 1.29 is 13.6 Å². The predicted molar refractivity (Wildman–Crippen MR) is 87.3 cm³/mol. The third-order valence-electron chi connectivity index (χ3n) is 4.24. The first-order chi connectivity index (χ1) is 12.1. The van der Waals surface area contributed by atoms with Gasteiger partial charge in [0, 0.05) is 24.9 Å². The maximum absolute atomic E-state index is 13.9. The van der Waals surface area contributed by atoms with Crippen LogP contribution >= 0.6 is 0 Å². The van der Waals surface area contributed by atoms with E-state index in [4.69, 9.17) is 0 Å². The number of hydrogen-bond acceptors (Lipinski definition) is 4. The number of carbonyl (C=O) groups is 1. The summed E-state index contributed by atoms with van der Waals surface area (Å²) in [5, 5.41) is 12.8. The zero-order valence-corrected chi connectivity index (χ0v) is 13.6. The van der Waals surface area contributed by atoms with E-state index in [1.54, 1.807) is 18.5 Å². The molecule has 7 nitrogen and oxygen atoms in total. The van der Waals surface area contributed by atoms with Crippen LogP contribution in [0.4, 0.5) is 19.4 Å². The van der Waals surface area contributed by atoms with Gasteiger partial charge in [0.2, 0.25) is 0 Å². The second-order valence-corrected chi connectivity index (χ2v) is 6.12. The molecule has 1 fully saturated rings. The maximum atomic E-state index is 13.9. The van der Waals surface area contributed by atoms with Gasteiger partial charge in [-0.15, -0.1) is 5.10 Å².